The predicted octanol–water partition coefficient (Wildman–Crippen LogP) is 3.62. The lowest BCUT2D eigenvalue weighted by Crippen LogP contribution is -2.19. The minimum absolute atomic E-state index is 0.00870. The number of rotatable bonds is 5. The Morgan fingerprint density at radius 2 is 1.57 bits per heavy atom. The summed E-state index contributed by atoms with van der Waals surface area (Å²) in [5.41, 5.74) is 8.12. The van der Waals surface area contributed by atoms with Gasteiger partial charge in [-0.05, 0) is 23.6 Å². The number of aryl methyl sites for hydroxylation is 1. The Morgan fingerprint density at radius 1 is 0.952 bits per heavy atom. The van der Waals surface area contributed by atoms with Crippen molar-refractivity contribution in [2.45, 2.75) is 26.4 Å². The molecule has 0 bridgehead atoms. The van der Waals surface area contributed by atoms with Gasteiger partial charge >= 0.3 is 0 Å². The van der Waals surface area contributed by atoms with Crippen molar-refractivity contribution in [1.82, 2.24) is 0 Å². The number of hydrogen-bond acceptors (Lipinski definition) is 2. The van der Waals surface area contributed by atoms with E-state index in [1.54, 1.807) is 18.0 Å². The van der Waals surface area contributed by atoms with E-state index in [1.807, 2.05) is 12.1 Å². The molecule has 0 aliphatic rings. The molecule has 0 fully saturated rings. The van der Waals surface area contributed by atoms with Crippen LogP contribution in [0.25, 0.3) is 0 Å². The highest BCUT2D eigenvalue weighted by Gasteiger charge is 2.15. The van der Waals surface area contributed by atoms with Crippen LogP contribution < -0.4 is 10.6 Å². The number of nitrogens with two attached hydrogens (primary N) is 1. The van der Waals surface area contributed by atoms with Gasteiger partial charge in [0.2, 0.25) is 0 Å². The van der Waals surface area contributed by atoms with Gasteiger partial charge in [0.05, 0.1) is 5.69 Å². The molecule has 0 unspecified atom stereocenters. The minimum atomic E-state index is -0.858. The summed E-state index contributed by atoms with van der Waals surface area (Å²) in [7, 11) is 1.74. The maximum absolute atomic E-state index is 14.0. The van der Waals surface area contributed by atoms with Gasteiger partial charge in [0.15, 0.2) is 11.6 Å². The smallest absolute Gasteiger partial charge is 0.182 e. The van der Waals surface area contributed by atoms with Crippen molar-refractivity contribution in [1.29, 1.82) is 0 Å². The quantitative estimate of drug-likeness (QED) is 0.911. The van der Waals surface area contributed by atoms with Gasteiger partial charge in [-0.2, -0.15) is 0 Å². The number of hydrogen-bond donors (Lipinski definition) is 1. The summed E-state index contributed by atoms with van der Waals surface area (Å²) in [6, 6.07) is 11.2. The molecule has 0 atom stereocenters. The van der Waals surface area contributed by atoms with E-state index in [9.17, 15) is 8.78 Å². The lowest BCUT2D eigenvalue weighted by Gasteiger charge is -2.21. The van der Waals surface area contributed by atoms with E-state index in [2.05, 4.69) is 19.1 Å². The van der Waals surface area contributed by atoms with Crippen molar-refractivity contribution in [3.8, 4) is 0 Å². The Morgan fingerprint density at radius 3 is 2.14 bits per heavy atom. The molecule has 0 aliphatic heterocycles. The van der Waals surface area contributed by atoms with E-state index in [4.69, 9.17) is 5.73 Å². The van der Waals surface area contributed by atoms with Crippen LogP contribution in [0.5, 0.6) is 0 Å². The minimum Gasteiger partial charge on any atom is -0.368 e. The summed E-state index contributed by atoms with van der Waals surface area (Å²) in [6.45, 7) is 2.60. The molecule has 2 rings (SSSR count). The van der Waals surface area contributed by atoms with Crippen molar-refractivity contribution < 1.29 is 8.78 Å². The van der Waals surface area contributed by atoms with Gasteiger partial charge in [0, 0.05) is 25.7 Å². The van der Waals surface area contributed by atoms with E-state index in [0.717, 1.165) is 12.0 Å². The van der Waals surface area contributed by atoms with Crippen molar-refractivity contribution in [2.24, 2.45) is 5.73 Å². The molecule has 2 N–H and O–H groups in total. The van der Waals surface area contributed by atoms with Crippen LogP contribution in [-0.2, 0) is 19.5 Å². The van der Waals surface area contributed by atoms with E-state index in [0.29, 0.717) is 6.54 Å². The molecule has 0 saturated heterocycles. The van der Waals surface area contributed by atoms with Gasteiger partial charge in [-0.1, -0.05) is 37.3 Å². The Bertz CT molecular complexity index is 609. The van der Waals surface area contributed by atoms with Crippen molar-refractivity contribution in [2.75, 3.05) is 11.9 Å². The van der Waals surface area contributed by atoms with E-state index < -0.39 is 11.6 Å². The summed E-state index contributed by atoms with van der Waals surface area (Å²) >= 11 is 0. The van der Waals surface area contributed by atoms with Gasteiger partial charge in [-0.15, -0.1) is 0 Å². The zero-order valence-corrected chi connectivity index (χ0v) is 12.4. The van der Waals surface area contributed by atoms with Crippen LogP contribution in [-0.4, -0.2) is 7.05 Å². The summed E-state index contributed by atoms with van der Waals surface area (Å²) in [5, 5.41) is 0. The van der Waals surface area contributed by atoms with Crippen molar-refractivity contribution in [3.63, 3.8) is 0 Å². The lowest BCUT2D eigenvalue weighted by molar-refractivity contribution is 0.498. The molecule has 0 saturated carbocycles. The van der Waals surface area contributed by atoms with Crippen LogP contribution >= 0.6 is 0 Å². The SMILES string of the molecule is CCc1ccc(CN(C)c2ccc(CN)c(F)c2F)cc1. The largest absolute Gasteiger partial charge is 0.368 e. The number of benzene rings is 2. The highest BCUT2D eigenvalue weighted by Crippen LogP contribution is 2.24. The molecule has 0 spiro atoms. The summed E-state index contributed by atoms with van der Waals surface area (Å²) in [6.07, 6.45) is 0.983. The molecular weight excluding hydrogens is 270 g/mol. The van der Waals surface area contributed by atoms with Crippen LogP contribution in [0.2, 0.25) is 0 Å². The second kappa shape index (κ2) is 6.68. The Balaban J connectivity index is 2.19. The number of halogens is 2. The molecule has 0 radical (unpaired) electrons. The third-order valence-corrected chi connectivity index (χ3v) is 3.62. The summed E-state index contributed by atoms with van der Waals surface area (Å²) in [4.78, 5) is 1.69. The molecular formula is C17H20F2N2. The average Bonchev–Trinajstić information content (AvgIpc) is 2.50. The van der Waals surface area contributed by atoms with Crippen molar-refractivity contribution in [3.05, 3.63) is 64.7 Å². The van der Waals surface area contributed by atoms with Crippen molar-refractivity contribution >= 4 is 5.69 Å². The van der Waals surface area contributed by atoms with Crippen LogP contribution in [0, 0.1) is 11.6 Å². The van der Waals surface area contributed by atoms with Gasteiger partial charge < -0.3 is 10.6 Å². The highest BCUT2D eigenvalue weighted by atomic mass is 19.2. The molecule has 2 nitrogen and oxygen atoms in total. The number of anilines is 1. The molecule has 4 heteroatoms. The van der Waals surface area contributed by atoms with Gasteiger partial charge in [-0.3, -0.25) is 0 Å². The van der Waals surface area contributed by atoms with Crippen LogP contribution in [0.1, 0.15) is 23.6 Å². The zero-order valence-electron chi connectivity index (χ0n) is 12.4. The van der Waals surface area contributed by atoms with Crippen LogP contribution in [0.4, 0.5) is 14.5 Å². The Labute approximate surface area is 124 Å². The van der Waals surface area contributed by atoms with Gasteiger partial charge in [0.1, 0.15) is 0 Å². The Hall–Kier alpha value is -1.94. The monoisotopic (exact) mass is 290 g/mol. The molecule has 2 aromatic carbocycles. The fourth-order valence-electron chi connectivity index (χ4n) is 2.27. The summed E-state index contributed by atoms with van der Waals surface area (Å²) < 4.78 is 27.8. The number of nitrogens with zero attached hydrogens (tertiary/aromatic N) is 1. The predicted molar refractivity (Wildman–Crippen MR) is 82.2 cm³/mol. The van der Waals surface area contributed by atoms with Crippen LogP contribution in [0.3, 0.4) is 0 Å². The molecule has 0 aromatic heterocycles. The van der Waals surface area contributed by atoms with Crippen LogP contribution in [0.15, 0.2) is 36.4 Å². The molecule has 0 aliphatic carbocycles. The zero-order chi connectivity index (χ0) is 15.4. The second-order valence-corrected chi connectivity index (χ2v) is 5.10. The first kappa shape index (κ1) is 15.4. The fraction of sp³-hybridized carbons (Fsp3) is 0.294. The first-order valence-corrected chi connectivity index (χ1v) is 7.02. The first-order chi connectivity index (χ1) is 10.1. The fourth-order valence-corrected chi connectivity index (χ4v) is 2.27. The van der Waals surface area contributed by atoms with E-state index >= 15 is 0 Å². The normalized spacial score (nSPS) is 10.7. The molecule has 0 amide bonds. The molecule has 2 aromatic rings. The Kier molecular flexibility index (Phi) is 4.91. The maximum atomic E-state index is 14.0. The van der Waals surface area contributed by atoms with Gasteiger partial charge in [0.25, 0.3) is 0 Å². The third kappa shape index (κ3) is 3.39. The summed E-state index contributed by atoms with van der Waals surface area (Å²) in [5.74, 6) is -1.70. The second-order valence-electron chi connectivity index (χ2n) is 5.10. The topological polar surface area (TPSA) is 29.3 Å². The van der Waals surface area contributed by atoms with Gasteiger partial charge in [-0.25, -0.2) is 8.78 Å². The standard InChI is InChI=1S/C17H20F2N2/c1-3-12-4-6-13(7-5-12)11-21(2)15-9-8-14(10-20)16(18)17(15)19/h4-9H,3,10-11,20H2,1-2H3. The maximum Gasteiger partial charge on any atom is 0.182 e. The first-order valence-electron chi connectivity index (χ1n) is 7.02. The molecule has 0 heterocycles. The van der Waals surface area contributed by atoms with E-state index in [-0.39, 0.29) is 17.8 Å². The third-order valence-electron chi connectivity index (χ3n) is 3.62. The molecule has 112 valence electrons. The molecule has 21 heavy (non-hydrogen) atoms. The lowest BCUT2D eigenvalue weighted by atomic mass is 10.1. The average molecular weight is 290 g/mol. The highest BCUT2D eigenvalue weighted by molar-refractivity contribution is 5.49. The van der Waals surface area contributed by atoms with E-state index in [1.165, 1.54) is 11.6 Å².